The molecule has 1 saturated heterocycles. The summed E-state index contributed by atoms with van der Waals surface area (Å²) in [5.41, 5.74) is 3.99. The molecule has 0 unspecified atom stereocenters. The Kier molecular flexibility index (Phi) is 3.93. The first-order valence-corrected chi connectivity index (χ1v) is 6.63. The van der Waals surface area contributed by atoms with Crippen LogP contribution < -0.4 is 10.2 Å². The maximum Gasteiger partial charge on any atom is 0.0902 e. The van der Waals surface area contributed by atoms with Gasteiger partial charge in [-0.25, -0.2) is 0 Å². The van der Waals surface area contributed by atoms with Gasteiger partial charge in [0.1, 0.15) is 0 Å². The summed E-state index contributed by atoms with van der Waals surface area (Å²) in [5.74, 6) is 0. The quantitative estimate of drug-likeness (QED) is 0.864. The van der Waals surface area contributed by atoms with Crippen molar-refractivity contribution in [2.75, 3.05) is 38.2 Å². The van der Waals surface area contributed by atoms with Crippen molar-refractivity contribution in [3.63, 3.8) is 0 Å². The Labute approximate surface area is 110 Å². The molecule has 100 valence electrons. The highest BCUT2D eigenvalue weighted by Crippen LogP contribution is 2.20. The Morgan fingerprint density at radius 2 is 2.06 bits per heavy atom. The van der Waals surface area contributed by atoms with Crippen LogP contribution in [0, 0.1) is 13.8 Å². The molecule has 18 heavy (non-hydrogen) atoms. The molecule has 0 bridgehead atoms. The Morgan fingerprint density at radius 3 is 2.61 bits per heavy atom. The van der Waals surface area contributed by atoms with Crippen LogP contribution in [0.15, 0.2) is 18.2 Å². The van der Waals surface area contributed by atoms with Gasteiger partial charge in [0.15, 0.2) is 0 Å². The minimum atomic E-state index is 0.0587. The van der Waals surface area contributed by atoms with E-state index in [0.717, 1.165) is 26.2 Å². The highest BCUT2D eigenvalue weighted by molar-refractivity contribution is 5.53. The van der Waals surface area contributed by atoms with Gasteiger partial charge in [-0.15, -0.1) is 0 Å². The van der Waals surface area contributed by atoms with Crippen LogP contribution >= 0.6 is 0 Å². The zero-order chi connectivity index (χ0) is 13.2. The van der Waals surface area contributed by atoms with E-state index in [0.29, 0.717) is 0 Å². The summed E-state index contributed by atoms with van der Waals surface area (Å²) in [5, 5.41) is 3.25. The summed E-state index contributed by atoms with van der Waals surface area (Å²) >= 11 is 0. The Balaban J connectivity index is 1.85. The van der Waals surface area contributed by atoms with Crippen molar-refractivity contribution >= 4 is 5.69 Å². The predicted octanol–water partition coefficient (Wildman–Crippen LogP) is 2.12. The number of anilines is 1. The van der Waals surface area contributed by atoms with Gasteiger partial charge in [-0.1, -0.05) is 17.7 Å². The van der Waals surface area contributed by atoms with Gasteiger partial charge >= 0.3 is 0 Å². The lowest BCUT2D eigenvalue weighted by molar-refractivity contribution is -0.0631. The zero-order valence-corrected chi connectivity index (χ0v) is 11.9. The normalized spacial score (nSPS) is 17.3. The van der Waals surface area contributed by atoms with E-state index in [1.807, 2.05) is 0 Å². The fourth-order valence-corrected chi connectivity index (χ4v) is 2.36. The second-order valence-electron chi connectivity index (χ2n) is 5.61. The van der Waals surface area contributed by atoms with Crippen molar-refractivity contribution in [2.45, 2.75) is 26.4 Å². The molecule has 1 N–H and O–H groups in total. The van der Waals surface area contributed by atoms with Gasteiger partial charge in [0.2, 0.25) is 0 Å². The first-order chi connectivity index (χ1) is 8.50. The summed E-state index contributed by atoms with van der Waals surface area (Å²) in [4.78, 5) is 2.27. The summed E-state index contributed by atoms with van der Waals surface area (Å²) in [6, 6.07) is 6.58. The van der Waals surface area contributed by atoms with Crippen molar-refractivity contribution in [1.82, 2.24) is 5.32 Å². The zero-order valence-electron chi connectivity index (χ0n) is 11.9. The van der Waals surface area contributed by atoms with E-state index in [4.69, 9.17) is 4.74 Å². The predicted molar refractivity (Wildman–Crippen MR) is 76.4 cm³/mol. The van der Waals surface area contributed by atoms with E-state index in [-0.39, 0.29) is 5.60 Å². The minimum Gasteiger partial charge on any atom is -0.372 e. The van der Waals surface area contributed by atoms with Gasteiger partial charge in [-0.05, 0) is 32.4 Å². The van der Waals surface area contributed by atoms with E-state index in [2.05, 4.69) is 56.2 Å². The third-order valence-electron chi connectivity index (χ3n) is 3.64. The number of aryl methyl sites for hydroxylation is 2. The van der Waals surface area contributed by atoms with Gasteiger partial charge in [0.25, 0.3) is 0 Å². The molecule has 0 aliphatic carbocycles. The van der Waals surface area contributed by atoms with Crippen LogP contribution in [-0.4, -0.2) is 38.9 Å². The van der Waals surface area contributed by atoms with Crippen LogP contribution in [0.5, 0.6) is 0 Å². The summed E-state index contributed by atoms with van der Waals surface area (Å²) < 4.78 is 5.92. The molecule has 0 radical (unpaired) electrons. The maximum atomic E-state index is 5.92. The molecular weight excluding hydrogens is 224 g/mol. The molecule has 0 saturated carbocycles. The van der Waals surface area contributed by atoms with Gasteiger partial charge < -0.3 is 15.0 Å². The molecular formula is C15H24N2O. The van der Waals surface area contributed by atoms with E-state index < -0.39 is 0 Å². The minimum absolute atomic E-state index is 0.0587. The standard InChI is InChI=1S/C15H24N2O/c1-12-5-6-14(13(2)9-12)17(4)7-8-18-15(3)10-16-11-15/h5-6,9,16H,7-8,10-11H2,1-4H3. The fraction of sp³-hybridized carbons (Fsp3) is 0.600. The molecule has 3 nitrogen and oxygen atoms in total. The summed E-state index contributed by atoms with van der Waals surface area (Å²) in [7, 11) is 2.13. The van der Waals surface area contributed by atoms with Crippen molar-refractivity contribution in [3.8, 4) is 0 Å². The number of hydrogen-bond acceptors (Lipinski definition) is 3. The third kappa shape index (κ3) is 3.03. The molecule has 0 aromatic heterocycles. The van der Waals surface area contributed by atoms with E-state index in [1.165, 1.54) is 16.8 Å². The van der Waals surface area contributed by atoms with Crippen LogP contribution in [0.3, 0.4) is 0 Å². The second kappa shape index (κ2) is 5.29. The van der Waals surface area contributed by atoms with Crippen LogP contribution in [0.1, 0.15) is 18.1 Å². The first-order valence-electron chi connectivity index (χ1n) is 6.63. The molecule has 0 amide bonds. The highest BCUT2D eigenvalue weighted by Gasteiger charge is 2.32. The lowest BCUT2D eigenvalue weighted by Crippen LogP contribution is -2.59. The SMILES string of the molecule is Cc1ccc(N(C)CCOC2(C)CNC2)c(C)c1. The number of hydrogen-bond donors (Lipinski definition) is 1. The van der Waals surface area contributed by atoms with Gasteiger partial charge in [0.05, 0.1) is 12.2 Å². The van der Waals surface area contributed by atoms with E-state index >= 15 is 0 Å². The number of nitrogens with one attached hydrogen (secondary N) is 1. The average Bonchev–Trinajstić information content (AvgIpc) is 2.26. The molecule has 3 heteroatoms. The average molecular weight is 248 g/mol. The number of likely N-dealkylation sites (N-methyl/N-ethyl adjacent to an activating group) is 1. The molecule has 1 aliphatic rings. The van der Waals surface area contributed by atoms with Gasteiger partial charge in [0, 0.05) is 32.4 Å². The molecule has 0 atom stereocenters. The smallest absolute Gasteiger partial charge is 0.0902 e. The number of ether oxygens (including phenoxy) is 1. The van der Waals surface area contributed by atoms with E-state index in [9.17, 15) is 0 Å². The van der Waals surface area contributed by atoms with Crippen molar-refractivity contribution in [3.05, 3.63) is 29.3 Å². The number of rotatable bonds is 5. The summed E-state index contributed by atoms with van der Waals surface area (Å²) in [6.45, 7) is 10.1. The topological polar surface area (TPSA) is 24.5 Å². The Morgan fingerprint density at radius 1 is 1.33 bits per heavy atom. The molecule has 1 fully saturated rings. The molecule has 0 spiro atoms. The lowest BCUT2D eigenvalue weighted by Gasteiger charge is -2.39. The van der Waals surface area contributed by atoms with Crippen LogP contribution in [0.25, 0.3) is 0 Å². The van der Waals surface area contributed by atoms with Gasteiger partial charge in [-0.3, -0.25) is 0 Å². The fourth-order valence-electron chi connectivity index (χ4n) is 2.36. The van der Waals surface area contributed by atoms with Crippen molar-refractivity contribution in [1.29, 1.82) is 0 Å². The summed E-state index contributed by atoms with van der Waals surface area (Å²) in [6.07, 6.45) is 0. The molecule has 1 aromatic rings. The van der Waals surface area contributed by atoms with Crippen molar-refractivity contribution < 1.29 is 4.74 Å². The van der Waals surface area contributed by atoms with Crippen molar-refractivity contribution in [2.24, 2.45) is 0 Å². The monoisotopic (exact) mass is 248 g/mol. The largest absolute Gasteiger partial charge is 0.372 e. The first kappa shape index (κ1) is 13.4. The lowest BCUT2D eigenvalue weighted by atomic mass is 10.0. The van der Waals surface area contributed by atoms with Crippen LogP contribution in [-0.2, 0) is 4.74 Å². The molecule has 1 aromatic carbocycles. The molecule has 1 heterocycles. The molecule has 1 aliphatic heterocycles. The highest BCUT2D eigenvalue weighted by atomic mass is 16.5. The number of benzene rings is 1. The second-order valence-corrected chi connectivity index (χ2v) is 5.61. The number of nitrogens with zero attached hydrogens (tertiary/aromatic N) is 1. The Hall–Kier alpha value is -1.06. The Bertz CT molecular complexity index is 413. The van der Waals surface area contributed by atoms with Crippen LogP contribution in [0.4, 0.5) is 5.69 Å². The molecule has 2 rings (SSSR count). The van der Waals surface area contributed by atoms with Gasteiger partial charge in [-0.2, -0.15) is 0 Å². The van der Waals surface area contributed by atoms with E-state index in [1.54, 1.807) is 0 Å². The maximum absolute atomic E-state index is 5.92. The third-order valence-corrected chi connectivity index (χ3v) is 3.64. The van der Waals surface area contributed by atoms with Crippen LogP contribution in [0.2, 0.25) is 0 Å².